The lowest BCUT2D eigenvalue weighted by atomic mass is 9.98. The molecule has 4 rings (SSSR count). The molecule has 238 valence electrons. The van der Waals surface area contributed by atoms with Gasteiger partial charge in [-0.3, -0.25) is 24.0 Å². The molecule has 0 bridgehead atoms. The number of nitrogens with two attached hydrogens (primary N) is 1. The van der Waals surface area contributed by atoms with Gasteiger partial charge in [0.1, 0.15) is 24.3 Å². The van der Waals surface area contributed by atoms with E-state index in [1.165, 1.54) is 17.8 Å². The number of nitrogens with zero attached hydrogens (tertiary/aromatic N) is 4. The zero-order chi connectivity index (χ0) is 31.7. The maximum Gasteiger partial charge on any atom is 0.327 e. The number of ether oxygens (including phenoxy) is 3. The second-order valence-electron chi connectivity index (χ2n) is 10.2. The van der Waals surface area contributed by atoms with Crippen molar-refractivity contribution in [2.24, 2.45) is 0 Å². The molecule has 4 heterocycles. The number of amides is 3. The highest BCUT2D eigenvalue weighted by Crippen LogP contribution is 2.57. The number of alkyl halides is 1. The van der Waals surface area contributed by atoms with Crippen molar-refractivity contribution >= 4 is 53.1 Å². The maximum atomic E-state index is 16.0. The molecule has 0 radical (unpaired) electrons. The fourth-order valence-electron chi connectivity index (χ4n) is 4.32. The molecule has 2 aromatic heterocycles. The van der Waals surface area contributed by atoms with Gasteiger partial charge in [0.15, 0.2) is 23.1 Å². The van der Waals surface area contributed by atoms with Gasteiger partial charge in [0.05, 0.1) is 25.6 Å². The monoisotopic (exact) mass is 648 g/mol. The first kappa shape index (κ1) is 32.8. The summed E-state index contributed by atoms with van der Waals surface area (Å²) >= 11 is 0.632. The zero-order valence-electron chi connectivity index (χ0n) is 24.0. The number of nitrogens with one attached hydrogen (secondary N) is 3. The Morgan fingerprint density at radius 2 is 2.09 bits per heavy atom. The Hall–Kier alpha value is -3.09. The van der Waals surface area contributed by atoms with Crippen LogP contribution in [0.3, 0.4) is 0 Å². The summed E-state index contributed by atoms with van der Waals surface area (Å²) in [7, 11) is 0. The first-order valence-corrected chi connectivity index (χ1v) is 16.5. The molecule has 2 aliphatic heterocycles. The number of imidazole rings is 1. The van der Waals surface area contributed by atoms with Crippen LogP contribution < -0.4 is 26.2 Å². The van der Waals surface area contributed by atoms with Crippen LogP contribution in [0.25, 0.3) is 11.2 Å². The third kappa shape index (κ3) is 7.18. The van der Waals surface area contributed by atoms with Crippen molar-refractivity contribution in [3.05, 3.63) is 6.33 Å². The summed E-state index contributed by atoms with van der Waals surface area (Å²) < 4.78 is 53.3. The number of fused-ring (bicyclic) bond motifs is 1. The Bertz CT molecular complexity index is 1430. The largest absolute Gasteiger partial charge is 0.476 e. The summed E-state index contributed by atoms with van der Waals surface area (Å²) in [4.78, 5) is 48.2. The van der Waals surface area contributed by atoms with Crippen LogP contribution in [-0.4, -0.2) is 97.6 Å². The second-order valence-corrected chi connectivity index (χ2v) is 14.5. The topological polar surface area (TPSA) is 231 Å². The Balaban J connectivity index is 1.53. The van der Waals surface area contributed by atoms with E-state index in [4.69, 9.17) is 24.5 Å². The molecule has 0 aliphatic carbocycles. The van der Waals surface area contributed by atoms with Crippen LogP contribution in [0.2, 0.25) is 0 Å². The molecule has 3 amide bonds. The van der Waals surface area contributed by atoms with Gasteiger partial charge >= 0.3 is 18.7 Å². The predicted octanol–water partition coefficient (Wildman–Crippen LogP) is 0.789. The minimum absolute atomic E-state index is 0.0871. The number of nitrogen functional groups attached to an aromatic ring is 1. The number of rotatable bonds is 13. The first-order valence-electron chi connectivity index (χ1n) is 13.3. The molecule has 0 aromatic carbocycles. The van der Waals surface area contributed by atoms with E-state index in [1.807, 2.05) is 0 Å². The minimum Gasteiger partial charge on any atom is -0.476 e. The lowest BCUT2D eigenvalue weighted by molar-refractivity contribution is -0.149. The van der Waals surface area contributed by atoms with E-state index < -0.39 is 73.5 Å². The fraction of sp³-hybridized carbons (Fsp3) is 0.652. The highest BCUT2D eigenvalue weighted by atomic mass is 32.7. The number of urea groups is 1. The van der Waals surface area contributed by atoms with Crippen LogP contribution in [0, 0.1) is 0 Å². The number of aromatic nitrogens is 4. The average molecular weight is 649 g/mol. The molecule has 2 saturated heterocycles. The highest BCUT2D eigenvalue weighted by molar-refractivity contribution is 8.56. The number of aliphatic hydroxyl groups excluding tert-OH is 1. The Kier molecular flexibility index (Phi) is 9.82. The smallest absolute Gasteiger partial charge is 0.327 e. The molecule has 6 N–H and O–H groups in total. The Morgan fingerprint density at radius 1 is 1.37 bits per heavy atom. The number of hydrogen-bond donors (Lipinski definition) is 5. The molecular weight excluding hydrogens is 614 g/mol. The van der Waals surface area contributed by atoms with Gasteiger partial charge in [-0.25, -0.2) is 19.3 Å². The van der Waals surface area contributed by atoms with E-state index in [-0.39, 0.29) is 35.4 Å². The predicted molar refractivity (Wildman–Crippen MR) is 151 cm³/mol. The van der Waals surface area contributed by atoms with Crippen molar-refractivity contribution in [2.75, 3.05) is 24.7 Å². The standard InChI is InChI=1S/C23H34FN8O9PS/c1-6-38-18-14-16(28-21(25)30-18)32(9-26-14)20-23(5,24)15(33)13(41-20)7-39-42(37,31-11(4)19(35)40-10(2)3)43-8-12-17(34)29-22(36)27-12/h9-13,15,20,33H,6-8H2,1-5H3,(H,31,37)(H2,25,28,30)(H2,27,29,34,36)/t11-,12+,13-,15-,20-,23-,42+/m1/s1. The van der Waals surface area contributed by atoms with Crippen LogP contribution in [0.5, 0.6) is 5.88 Å². The summed E-state index contributed by atoms with van der Waals surface area (Å²) in [5.74, 6) is -1.62. The molecule has 0 saturated carbocycles. The highest BCUT2D eigenvalue weighted by Gasteiger charge is 2.56. The van der Waals surface area contributed by atoms with Crippen LogP contribution >= 0.6 is 18.1 Å². The number of esters is 1. The molecule has 17 nitrogen and oxygen atoms in total. The fourth-order valence-corrected chi connectivity index (χ4v) is 8.19. The number of imide groups is 1. The lowest BCUT2D eigenvalue weighted by Gasteiger charge is -2.25. The number of halogens is 1. The molecule has 20 heteroatoms. The SMILES string of the molecule is CCOc1nc(N)nc2c1ncn2[C@@H]1O[C@H](CO[P@@](=O)(N[C@H](C)C(=O)OC(C)C)SC[C@@H]2NC(=O)NC2=O)[C@@H](O)[C@@]1(C)F. The third-order valence-electron chi connectivity index (χ3n) is 6.39. The van der Waals surface area contributed by atoms with Crippen molar-refractivity contribution in [1.29, 1.82) is 0 Å². The van der Waals surface area contributed by atoms with Gasteiger partial charge in [-0.2, -0.15) is 9.97 Å². The number of aliphatic hydroxyl groups is 1. The van der Waals surface area contributed by atoms with Gasteiger partial charge in [-0.15, -0.1) is 0 Å². The van der Waals surface area contributed by atoms with E-state index in [2.05, 4.69) is 30.7 Å². The molecule has 0 spiro atoms. The van der Waals surface area contributed by atoms with Crippen molar-refractivity contribution in [3.8, 4) is 5.88 Å². The van der Waals surface area contributed by atoms with E-state index in [0.29, 0.717) is 11.4 Å². The zero-order valence-corrected chi connectivity index (χ0v) is 25.7. The summed E-state index contributed by atoms with van der Waals surface area (Å²) in [5.41, 5.74) is 3.68. The van der Waals surface area contributed by atoms with Gasteiger partial charge in [-0.05, 0) is 34.6 Å². The molecule has 7 atom stereocenters. The van der Waals surface area contributed by atoms with E-state index in [9.17, 15) is 24.1 Å². The average Bonchev–Trinajstić information content (AvgIpc) is 3.54. The van der Waals surface area contributed by atoms with Crippen molar-refractivity contribution < 1.29 is 47.2 Å². The Morgan fingerprint density at radius 3 is 2.72 bits per heavy atom. The van der Waals surface area contributed by atoms with Crippen LogP contribution in [-0.2, 0) is 28.2 Å². The quantitative estimate of drug-likeness (QED) is 0.115. The van der Waals surface area contributed by atoms with E-state index in [0.717, 1.165) is 6.92 Å². The number of carbonyl (C=O) groups is 3. The van der Waals surface area contributed by atoms with E-state index >= 15 is 4.39 Å². The van der Waals surface area contributed by atoms with Gasteiger partial charge in [0, 0.05) is 5.75 Å². The maximum absolute atomic E-state index is 16.0. The normalized spacial score (nSPS) is 27.6. The lowest BCUT2D eigenvalue weighted by Crippen LogP contribution is -2.41. The van der Waals surface area contributed by atoms with Gasteiger partial charge in [-0.1, -0.05) is 11.4 Å². The molecular formula is C23H34FN8O9PS. The van der Waals surface area contributed by atoms with Gasteiger partial charge in [0.2, 0.25) is 11.8 Å². The van der Waals surface area contributed by atoms with Crippen molar-refractivity contribution in [1.82, 2.24) is 35.2 Å². The Labute approximate surface area is 249 Å². The van der Waals surface area contributed by atoms with Crippen molar-refractivity contribution in [3.63, 3.8) is 0 Å². The van der Waals surface area contributed by atoms with Crippen molar-refractivity contribution in [2.45, 2.75) is 76.9 Å². The minimum atomic E-state index is -4.08. The number of hydrogen-bond acceptors (Lipinski definition) is 14. The summed E-state index contributed by atoms with van der Waals surface area (Å²) in [5, 5.41) is 17.9. The van der Waals surface area contributed by atoms with Crippen LogP contribution in [0.15, 0.2) is 6.33 Å². The van der Waals surface area contributed by atoms with E-state index in [1.54, 1.807) is 20.8 Å². The third-order valence-corrected chi connectivity index (χ3v) is 10.5. The van der Waals surface area contributed by atoms with Gasteiger partial charge < -0.3 is 34.9 Å². The summed E-state index contributed by atoms with van der Waals surface area (Å²) in [6.07, 6.45) is -3.81. The summed E-state index contributed by atoms with van der Waals surface area (Å²) in [6.45, 7) is 3.10. The molecule has 43 heavy (non-hydrogen) atoms. The molecule has 2 fully saturated rings. The number of anilines is 1. The number of carbonyl (C=O) groups excluding carboxylic acids is 3. The second kappa shape index (κ2) is 12.9. The molecule has 0 unspecified atom stereocenters. The van der Waals surface area contributed by atoms with Crippen LogP contribution in [0.1, 0.15) is 40.8 Å². The molecule has 2 aliphatic rings. The molecule has 2 aromatic rings. The van der Waals surface area contributed by atoms with Crippen LogP contribution in [0.4, 0.5) is 15.1 Å². The first-order chi connectivity index (χ1) is 20.1. The summed E-state index contributed by atoms with van der Waals surface area (Å²) in [6, 6.07) is -2.86. The van der Waals surface area contributed by atoms with Gasteiger partial charge in [0.25, 0.3) is 5.91 Å².